The lowest BCUT2D eigenvalue weighted by Crippen LogP contribution is -1.91. The molecule has 1 heterocycles. The minimum Gasteiger partial charge on any atom is -0.396 e. The zero-order valence-corrected chi connectivity index (χ0v) is 11.0. The molecule has 0 amide bonds. The summed E-state index contributed by atoms with van der Waals surface area (Å²) in [6.07, 6.45) is 2.45. The predicted molar refractivity (Wildman–Crippen MR) is 71.8 cm³/mol. The predicted octanol–water partition coefficient (Wildman–Crippen LogP) is 3.31. The van der Waals surface area contributed by atoms with Crippen molar-refractivity contribution in [1.29, 1.82) is 0 Å². The summed E-state index contributed by atoms with van der Waals surface area (Å²) >= 11 is 7.60. The molecule has 0 fully saturated rings. The van der Waals surface area contributed by atoms with Crippen molar-refractivity contribution in [1.82, 2.24) is 4.98 Å². The maximum atomic E-state index is 8.76. The molecule has 0 spiro atoms. The van der Waals surface area contributed by atoms with Crippen LogP contribution in [0.4, 0.5) is 0 Å². The zero-order valence-electron chi connectivity index (χ0n) is 9.40. The number of nitrogens with zero attached hydrogens (tertiary/aromatic N) is 1. The van der Waals surface area contributed by atoms with Gasteiger partial charge in [0.05, 0.1) is 10.7 Å². The summed E-state index contributed by atoms with van der Waals surface area (Å²) in [5.74, 6) is 0. The molecule has 0 aliphatic heterocycles. The van der Waals surface area contributed by atoms with Crippen LogP contribution in [0, 0.1) is 0 Å². The number of thiazole rings is 1. The number of benzene rings is 1. The summed E-state index contributed by atoms with van der Waals surface area (Å²) < 4.78 is 0. The molecule has 2 aromatic rings. The van der Waals surface area contributed by atoms with Gasteiger partial charge in [-0.1, -0.05) is 23.7 Å². The maximum absolute atomic E-state index is 8.76. The van der Waals surface area contributed by atoms with Crippen molar-refractivity contribution in [2.75, 3.05) is 6.61 Å². The van der Waals surface area contributed by atoms with Crippen molar-refractivity contribution in [3.05, 3.63) is 50.9 Å². The van der Waals surface area contributed by atoms with E-state index in [-0.39, 0.29) is 6.61 Å². The van der Waals surface area contributed by atoms with E-state index in [1.807, 2.05) is 18.2 Å². The topological polar surface area (TPSA) is 33.1 Å². The fourth-order valence-corrected chi connectivity index (χ4v) is 2.70. The van der Waals surface area contributed by atoms with Crippen molar-refractivity contribution in [2.24, 2.45) is 0 Å². The van der Waals surface area contributed by atoms with Gasteiger partial charge in [-0.3, -0.25) is 0 Å². The van der Waals surface area contributed by atoms with E-state index in [1.165, 1.54) is 5.56 Å². The highest BCUT2D eigenvalue weighted by Crippen LogP contribution is 2.18. The highest BCUT2D eigenvalue weighted by molar-refractivity contribution is 7.09. The van der Waals surface area contributed by atoms with E-state index in [0.717, 1.165) is 35.0 Å². The van der Waals surface area contributed by atoms with E-state index < -0.39 is 0 Å². The number of aromatic nitrogens is 1. The average Bonchev–Trinajstić information content (AvgIpc) is 2.74. The van der Waals surface area contributed by atoms with E-state index in [2.05, 4.69) is 16.4 Å². The first-order valence-electron chi connectivity index (χ1n) is 5.56. The van der Waals surface area contributed by atoms with E-state index in [4.69, 9.17) is 16.7 Å². The summed E-state index contributed by atoms with van der Waals surface area (Å²) in [6.45, 7) is 0.223. The van der Waals surface area contributed by atoms with Crippen LogP contribution in [-0.2, 0) is 12.8 Å². The third kappa shape index (κ3) is 3.80. The molecule has 0 aliphatic carbocycles. The maximum Gasteiger partial charge on any atom is 0.0972 e. The Morgan fingerprint density at radius 2 is 2.24 bits per heavy atom. The molecule has 4 heteroatoms. The Hall–Kier alpha value is -0.900. The molecule has 2 rings (SSSR count). The quantitative estimate of drug-likeness (QED) is 0.902. The van der Waals surface area contributed by atoms with Crippen molar-refractivity contribution < 1.29 is 5.11 Å². The second-order valence-corrected chi connectivity index (χ2v) is 5.25. The Morgan fingerprint density at radius 3 is 3.00 bits per heavy atom. The summed E-state index contributed by atoms with van der Waals surface area (Å²) in [5.41, 5.74) is 2.25. The van der Waals surface area contributed by atoms with E-state index >= 15 is 0 Å². The van der Waals surface area contributed by atoms with Crippen molar-refractivity contribution in [2.45, 2.75) is 19.3 Å². The van der Waals surface area contributed by atoms with Gasteiger partial charge in [-0.25, -0.2) is 4.98 Å². The van der Waals surface area contributed by atoms with Crippen LogP contribution in [0.15, 0.2) is 29.6 Å². The molecule has 1 aromatic carbocycles. The largest absolute Gasteiger partial charge is 0.396 e. The number of halogens is 1. The van der Waals surface area contributed by atoms with E-state index in [0.29, 0.717) is 0 Å². The molecule has 0 unspecified atom stereocenters. The van der Waals surface area contributed by atoms with Gasteiger partial charge in [0.25, 0.3) is 0 Å². The first-order valence-corrected chi connectivity index (χ1v) is 6.82. The molecule has 0 saturated heterocycles. The Balaban J connectivity index is 2.01. The van der Waals surface area contributed by atoms with Gasteiger partial charge >= 0.3 is 0 Å². The van der Waals surface area contributed by atoms with Gasteiger partial charge < -0.3 is 5.11 Å². The molecule has 1 N–H and O–H groups in total. The molecular weight excluding hydrogens is 254 g/mol. The molecule has 0 aliphatic rings. The first kappa shape index (κ1) is 12.6. The monoisotopic (exact) mass is 267 g/mol. The summed E-state index contributed by atoms with van der Waals surface area (Å²) in [5, 5.41) is 12.7. The normalized spacial score (nSPS) is 10.7. The lowest BCUT2D eigenvalue weighted by atomic mass is 10.2. The second-order valence-electron chi connectivity index (χ2n) is 3.87. The van der Waals surface area contributed by atoms with Crippen molar-refractivity contribution in [3.63, 3.8) is 0 Å². The van der Waals surface area contributed by atoms with Crippen molar-refractivity contribution in [3.8, 4) is 0 Å². The van der Waals surface area contributed by atoms with Crippen LogP contribution in [0.2, 0.25) is 5.02 Å². The van der Waals surface area contributed by atoms with E-state index in [9.17, 15) is 0 Å². The van der Waals surface area contributed by atoms with E-state index in [1.54, 1.807) is 11.3 Å². The zero-order chi connectivity index (χ0) is 12.1. The lowest BCUT2D eigenvalue weighted by Gasteiger charge is -1.98. The smallest absolute Gasteiger partial charge is 0.0972 e. The molecule has 0 atom stereocenters. The van der Waals surface area contributed by atoms with Crippen LogP contribution in [0.1, 0.15) is 22.7 Å². The Kier molecular flexibility index (Phi) is 4.54. The van der Waals surface area contributed by atoms with Crippen LogP contribution in [0.3, 0.4) is 0 Å². The van der Waals surface area contributed by atoms with Gasteiger partial charge in [0.1, 0.15) is 0 Å². The van der Waals surface area contributed by atoms with Crippen molar-refractivity contribution >= 4 is 22.9 Å². The SMILES string of the molecule is OCCCc1csc(Cc2cccc(Cl)c2)n1. The minimum absolute atomic E-state index is 0.223. The van der Waals surface area contributed by atoms with Gasteiger partial charge in [0.15, 0.2) is 0 Å². The number of aliphatic hydroxyl groups is 1. The molecule has 0 bridgehead atoms. The third-order valence-electron chi connectivity index (χ3n) is 2.43. The average molecular weight is 268 g/mol. The van der Waals surface area contributed by atoms with Crippen LogP contribution >= 0.6 is 22.9 Å². The van der Waals surface area contributed by atoms with Crippen LogP contribution in [-0.4, -0.2) is 16.7 Å². The Bertz CT molecular complexity index is 484. The number of rotatable bonds is 5. The molecule has 1 aromatic heterocycles. The molecule has 0 radical (unpaired) electrons. The van der Waals surface area contributed by atoms with Crippen LogP contribution < -0.4 is 0 Å². The number of aryl methyl sites for hydroxylation is 1. The fourth-order valence-electron chi connectivity index (χ4n) is 1.63. The number of hydrogen-bond donors (Lipinski definition) is 1. The van der Waals surface area contributed by atoms with Gasteiger partial charge in [0, 0.05) is 23.4 Å². The molecule has 90 valence electrons. The van der Waals surface area contributed by atoms with Gasteiger partial charge in [0.2, 0.25) is 0 Å². The number of hydrogen-bond acceptors (Lipinski definition) is 3. The minimum atomic E-state index is 0.223. The molecular formula is C13H14ClNOS. The fraction of sp³-hybridized carbons (Fsp3) is 0.308. The van der Waals surface area contributed by atoms with Gasteiger partial charge in [-0.15, -0.1) is 11.3 Å². The van der Waals surface area contributed by atoms with Crippen LogP contribution in [0.25, 0.3) is 0 Å². The molecule has 2 nitrogen and oxygen atoms in total. The second kappa shape index (κ2) is 6.15. The van der Waals surface area contributed by atoms with Gasteiger partial charge in [-0.05, 0) is 30.5 Å². The van der Waals surface area contributed by atoms with Crippen LogP contribution in [0.5, 0.6) is 0 Å². The number of aliphatic hydroxyl groups excluding tert-OH is 1. The Morgan fingerprint density at radius 1 is 1.35 bits per heavy atom. The Labute approximate surface area is 110 Å². The van der Waals surface area contributed by atoms with Gasteiger partial charge in [-0.2, -0.15) is 0 Å². The summed E-state index contributed by atoms with van der Waals surface area (Å²) in [7, 11) is 0. The highest BCUT2D eigenvalue weighted by Gasteiger charge is 2.03. The lowest BCUT2D eigenvalue weighted by molar-refractivity contribution is 0.288. The first-order chi connectivity index (χ1) is 8.28. The standard InChI is InChI=1S/C13H14ClNOS/c14-11-4-1-3-10(7-11)8-13-15-12(9-17-13)5-2-6-16/h1,3-4,7,9,16H,2,5-6,8H2. The third-order valence-corrected chi connectivity index (χ3v) is 3.57. The summed E-state index contributed by atoms with van der Waals surface area (Å²) in [4.78, 5) is 4.54. The molecule has 17 heavy (non-hydrogen) atoms. The molecule has 0 saturated carbocycles. The highest BCUT2D eigenvalue weighted by atomic mass is 35.5. The summed E-state index contributed by atoms with van der Waals surface area (Å²) in [6, 6.07) is 7.86.